The van der Waals surface area contributed by atoms with Gasteiger partial charge in [0.2, 0.25) is 0 Å². The normalized spacial score (nSPS) is 10.4. The largest absolute Gasteiger partial charge is 0.382 e. The van der Waals surface area contributed by atoms with Gasteiger partial charge in [-0.3, -0.25) is 0 Å². The maximum atomic E-state index is 11.9. The number of hydrogen-bond donors (Lipinski definition) is 3. The average molecular weight is 459 g/mol. The predicted molar refractivity (Wildman–Crippen MR) is 113 cm³/mol. The van der Waals surface area contributed by atoms with Crippen molar-refractivity contribution in [3.8, 4) is 11.8 Å². The molecule has 0 atom stereocenters. The molecule has 2 amide bonds. The van der Waals surface area contributed by atoms with Crippen LogP contribution in [0.5, 0.6) is 0 Å². The molecule has 7 nitrogen and oxygen atoms in total. The summed E-state index contributed by atoms with van der Waals surface area (Å²) in [5.41, 5.74) is 7.92. The summed E-state index contributed by atoms with van der Waals surface area (Å²) in [5.74, 6) is 0.330. The number of thiophene rings is 1. The molecule has 0 aliphatic carbocycles. The number of urea groups is 1. The second kappa shape index (κ2) is 9.39. The van der Waals surface area contributed by atoms with Crippen molar-refractivity contribution in [1.82, 2.24) is 20.4 Å². The van der Waals surface area contributed by atoms with E-state index in [1.165, 1.54) is 0 Å². The Kier molecular flexibility index (Phi) is 6.68. The van der Waals surface area contributed by atoms with Gasteiger partial charge in [0.15, 0.2) is 0 Å². The van der Waals surface area contributed by atoms with Gasteiger partial charge in [-0.05, 0) is 47.0 Å². The van der Waals surface area contributed by atoms with Crippen LogP contribution in [0.2, 0.25) is 0 Å². The fraction of sp³-hybridized carbons (Fsp3) is 0.211. The summed E-state index contributed by atoms with van der Waals surface area (Å²) >= 11 is 4.97. The van der Waals surface area contributed by atoms with Crippen LogP contribution in [0.25, 0.3) is 5.69 Å². The van der Waals surface area contributed by atoms with Crippen LogP contribution in [0.3, 0.4) is 0 Å². The Morgan fingerprint density at radius 2 is 2.11 bits per heavy atom. The molecule has 0 radical (unpaired) electrons. The van der Waals surface area contributed by atoms with Crippen molar-refractivity contribution >= 4 is 39.1 Å². The Labute approximate surface area is 175 Å². The minimum absolute atomic E-state index is 0.223. The van der Waals surface area contributed by atoms with E-state index >= 15 is 0 Å². The quantitative estimate of drug-likeness (QED) is 0.469. The lowest BCUT2D eigenvalue weighted by atomic mass is 10.1. The summed E-state index contributed by atoms with van der Waals surface area (Å²) < 4.78 is 2.59. The van der Waals surface area contributed by atoms with E-state index in [4.69, 9.17) is 5.73 Å². The highest BCUT2D eigenvalue weighted by atomic mass is 79.9. The number of nitrogen functional groups attached to an aromatic ring is 1. The summed E-state index contributed by atoms with van der Waals surface area (Å²) in [6, 6.07) is 13.3. The van der Waals surface area contributed by atoms with Gasteiger partial charge in [-0.15, -0.1) is 11.3 Å². The number of nitrogens with one attached hydrogen (secondary N) is 2. The molecule has 2 heterocycles. The van der Waals surface area contributed by atoms with Crippen LogP contribution in [0.4, 0.5) is 10.6 Å². The first-order valence-electron chi connectivity index (χ1n) is 8.66. The van der Waals surface area contributed by atoms with Crippen molar-refractivity contribution in [3.63, 3.8) is 0 Å². The number of aryl methyl sites for hydroxylation is 1. The Hall–Kier alpha value is -2.83. The highest BCUT2D eigenvalue weighted by Gasteiger charge is 2.16. The van der Waals surface area contributed by atoms with Crippen molar-refractivity contribution in [3.05, 3.63) is 62.4 Å². The summed E-state index contributed by atoms with van der Waals surface area (Å²) in [5, 5.41) is 21.5. The summed E-state index contributed by atoms with van der Waals surface area (Å²) in [4.78, 5) is 13.0. The molecule has 4 N–H and O–H groups in total. The highest BCUT2D eigenvalue weighted by molar-refractivity contribution is 9.10. The zero-order valence-electron chi connectivity index (χ0n) is 15.0. The SMILES string of the molecule is N#Cc1c(CCCNC(=O)NCc2cc(Br)cs2)nn(-c2ccccc2)c1N. The van der Waals surface area contributed by atoms with Crippen LogP contribution in [-0.4, -0.2) is 22.4 Å². The van der Waals surface area contributed by atoms with E-state index < -0.39 is 0 Å². The highest BCUT2D eigenvalue weighted by Crippen LogP contribution is 2.21. The number of aromatic nitrogens is 2. The van der Waals surface area contributed by atoms with Gasteiger partial charge in [-0.2, -0.15) is 10.4 Å². The number of benzene rings is 1. The van der Waals surface area contributed by atoms with Gasteiger partial charge in [0.1, 0.15) is 17.5 Å². The zero-order valence-corrected chi connectivity index (χ0v) is 17.4. The fourth-order valence-electron chi connectivity index (χ4n) is 2.68. The second-order valence-corrected chi connectivity index (χ2v) is 7.92. The van der Waals surface area contributed by atoms with E-state index in [1.807, 2.05) is 41.8 Å². The summed E-state index contributed by atoms with van der Waals surface area (Å²) in [6.45, 7) is 0.960. The molecular formula is C19H19BrN6OS. The second-order valence-electron chi connectivity index (χ2n) is 6.01. The Morgan fingerprint density at radius 3 is 2.79 bits per heavy atom. The number of carbonyl (C=O) groups is 1. The number of rotatable bonds is 7. The van der Waals surface area contributed by atoms with Gasteiger partial charge < -0.3 is 16.4 Å². The van der Waals surface area contributed by atoms with Crippen LogP contribution >= 0.6 is 27.3 Å². The Morgan fingerprint density at radius 1 is 1.32 bits per heavy atom. The van der Waals surface area contributed by atoms with Crippen molar-refractivity contribution in [1.29, 1.82) is 5.26 Å². The maximum Gasteiger partial charge on any atom is 0.315 e. The van der Waals surface area contributed by atoms with Crippen molar-refractivity contribution < 1.29 is 4.79 Å². The number of nitrogens with two attached hydrogens (primary N) is 1. The Bertz CT molecular complexity index is 992. The molecule has 0 spiro atoms. The van der Waals surface area contributed by atoms with Crippen LogP contribution in [0.15, 0.2) is 46.3 Å². The number of para-hydroxylation sites is 1. The summed E-state index contributed by atoms with van der Waals surface area (Å²) in [6.07, 6.45) is 1.20. The van der Waals surface area contributed by atoms with Gasteiger partial charge in [-0.1, -0.05) is 18.2 Å². The molecule has 0 unspecified atom stereocenters. The monoisotopic (exact) mass is 458 g/mol. The van der Waals surface area contributed by atoms with E-state index in [1.54, 1.807) is 16.0 Å². The van der Waals surface area contributed by atoms with Crippen molar-refractivity contribution in [2.24, 2.45) is 0 Å². The van der Waals surface area contributed by atoms with E-state index in [0.29, 0.717) is 43.0 Å². The van der Waals surface area contributed by atoms with Gasteiger partial charge >= 0.3 is 6.03 Å². The zero-order chi connectivity index (χ0) is 19.9. The van der Waals surface area contributed by atoms with Crippen LogP contribution < -0.4 is 16.4 Å². The van der Waals surface area contributed by atoms with E-state index in [0.717, 1.165) is 15.0 Å². The van der Waals surface area contributed by atoms with E-state index in [2.05, 4.69) is 37.7 Å². The van der Waals surface area contributed by atoms with Gasteiger partial charge in [0, 0.05) is 21.3 Å². The molecular weight excluding hydrogens is 440 g/mol. The minimum Gasteiger partial charge on any atom is -0.382 e. The molecule has 0 aliphatic heterocycles. The molecule has 0 bridgehead atoms. The number of carbonyl (C=O) groups excluding carboxylic acids is 1. The first-order chi connectivity index (χ1) is 13.6. The smallest absolute Gasteiger partial charge is 0.315 e. The number of anilines is 1. The van der Waals surface area contributed by atoms with Gasteiger partial charge in [0.05, 0.1) is 17.9 Å². The molecule has 0 saturated carbocycles. The third-order valence-electron chi connectivity index (χ3n) is 4.03. The molecule has 9 heteroatoms. The lowest BCUT2D eigenvalue weighted by Crippen LogP contribution is -2.35. The lowest BCUT2D eigenvalue weighted by molar-refractivity contribution is 0.240. The van der Waals surface area contributed by atoms with Crippen LogP contribution in [-0.2, 0) is 13.0 Å². The number of nitriles is 1. The molecule has 1 aromatic carbocycles. The average Bonchev–Trinajstić information content (AvgIpc) is 3.26. The minimum atomic E-state index is -0.223. The third kappa shape index (κ3) is 4.91. The standard InChI is InChI=1S/C19H19BrN6OS/c20-13-9-15(28-12-13)11-24-19(27)23-8-4-7-17-16(10-21)18(22)26(25-17)14-5-2-1-3-6-14/h1-3,5-6,9,12H,4,7-8,11,22H2,(H2,23,24,27). The first-order valence-corrected chi connectivity index (χ1v) is 10.3. The molecule has 0 aliphatic rings. The van der Waals surface area contributed by atoms with Gasteiger partial charge in [-0.25, -0.2) is 9.48 Å². The predicted octanol–water partition coefficient (Wildman–Crippen LogP) is 3.58. The molecule has 0 fully saturated rings. The van der Waals surface area contributed by atoms with Crippen LogP contribution in [0, 0.1) is 11.3 Å². The molecule has 0 saturated heterocycles. The third-order valence-corrected chi connectivity index (χ3v) is 5.72. The van der Waals surface area contributed by atoms with Crippen molar-refractivity contribution in [2.75, 3.05) is 12.3 Å². The maximum absolute atomic E-state index is 11.9. The molecule has 3 rings (SSSR count). The van der Waals surface area contributed by atoms with E-state index in [-0.39, 0.29) is 6.03 Å². The van der Waals surface area contributed by atoms with Gasteiger partial charge in [0.25, 0.3) is 0 Å². The Balaban J connectivity index is 1.50. The molecule has 28 heavy (non-hydrogen) atoms. The summed E-state index contributed by atoms with van der Waals surface area (Å²) in [7, 11) is 0. The van der Waals surface area contributed by atoms with Crippen molar-refractivity contribution in [2.45, 2.75) is 19.4 Å². The number of hydrogen-bond acceptors (Lipinski definition) is 5. The number of halogens is 1. The van der Waals surface area contributed by atoms with E-state index in [9.17, 15) is 10.1 Å². The topological polar surface area (TPSA) is 109 Å². The lowest BCUT2D eigenvalue weighted by Gasteiger charge is -2.06. The number of nitrogens with zero attached hydrogens (tertiary/aromatic N) is 3. The first kappa shape index (κ1) is 19.9. The molecule has 144 valence electrons. The fourth-order valence-corrected chi connectivity index (χ4v) is 4.07. The molecule has 2 aromatic heterocycles. The molecule has 3 aromatic rings. The van der Waals surface area contributed by atoms with Crippen LogP contribution in [0.1, 0.15) is 22.6 Å². The number of amides is 2.